The predicted octanol–water partition coefficient (Wildman–Crippen LogP) is 3.28. The highest BCUT2D eigenvalue weighted by atomic mass is 79.9. The van der Waals surface area contributed by atoms with Gasteiger partial charge in [-0.3, -0.25) is 4.90 Å². The van der Waals surface area contributed by atoms with Crippen LogP contribution in [0.4, 0.5) is 10.5 Å². The fourth-order valence-corrected chi connectivity index (χ4v) is 2.86. The maximum absolute atomic E-state index is 11.9. The van der Waals surface area contributed by atoms with E-state index < -0.39 is 0 Å². The van der Waals surface area contributed by atoms with Crippen LogP contribution >= 0.6 is 15.9 Å². The number of nitrogens with one attached hydrogen (secondary N) is 1. The van der Waals surface area contributed by atoms with Crippen LogP contribution in [0, 0.1) is 5.92 Å². The van der Waals surface area contributed by atoms with E-state index in [1.807, 2.05) is 17.0 Å². The van der Waals surface area contributed by atoms with Crippen molar-refractivity contribution in [2.45, 2.75) is 25.8 Å². The zero-order valence-electron chi connectivity index (χ0n) is 9.58. The van der Waals surface area contributed by atoms with E-state index >= 15 is 0 Å². The molecule has 0 saturated heterocycles. The molecular formula is C13H15BrN2O. The lowest BCUT2D eigenvalue weighted by Crippen LogP contribution is -2.47. The Morgan fingerprint density at radius 2 is 2.24 bits per heavy atom. The first kappa shape index (κ1) is 11.1. The number of fused-ring (bicyclic) bond motifs is 1. The molecule has 4 heteroatoms. The fourth-order valence-electron chi connectivity index (χ4n) is 2.45. The van der Waals surface area contributed by atoms with Gasteiger partial charge in [0.25, 0.3) is 0 Å². The maximum atomic E-state index is 11.9. The molecule has 1 aliphatic heterocycles. The van der Waals surface area contributed by atoms with Crippen molar-refractivity contribution in [2.75, 3.05) is 11.4 Å². The standard InChI is InChI=1S/C13H15BrN2O/c14-11-4-5-12-10(6-11)7-15-13(17)16(12)8-9-2-1-3-9/h4-6,9H,1-3,7-8H2,(H,15,17). The average molecular weight is 295 g/mol. The second kappa shape index (κ2) is 4.33. The predicted molar refractivity (Wildman–Crippen MR) is 71.1 cm³/mol. The first-order valence-corrected chi connectivity index (χ1v) is 6.87. The summed E-state index contributed by atoms with van der Waals surface area (Å²) in [5.41, 5.74) is 2.27. The van der Waals surface area contributed by atoms with Crippen molar-refractivity contribution < 1.29 is 4.79 Å². The summed E-state index contributed by atoms with van der Waals surface area (Å²) in [5.74, 6) is 0.690. The summed E-state index contributed by atoms with van der Waals surface area (Å²) in [7, 11) is 0. The summed E-state index contributed by atoms with van der Waals surface area (Å²) in [6.45, 7) is 1.50. The lowest BCUT2D eigenvalue weighted by atomic mass is 9.85. The van der Waals surface area contributed by atoms with Crippen LogP contribution in [-0.2, 0) is 6.54 Å². The Labute approximate surface area is 109 Å². The third-order valence-electron chi connectivity index (χ3n) is 3.67. The van der Waals surface area contributed by atoms with Crippen molar-refractivity contribution in [3.63, 3.8) is 0 Å². The zero-order chi connectivity index (χ0) is 11.8. The summed E-state index contributed by atoms with van der Waals surface area (Å²) in [6.07, 6.45) is 3.83. The molecule has 1 heterocycles. The number of carbonyl (C=O) groups excluding carboxylic acids is 1. The van der Waals surface area contributed by atoms with Gasteiger partial charge in [0.2, 0.25) is 0 Å². The summed E-state index contributed by atoms with van der Waals surface area (Å²) in [5, 5.41) is 2.94. The highest BCUT2D eigenvalue weighted by molar-refractivity contribution is 9.10. The van der Waals surface area contributed by atoms with Crippen molar-refractivity contribution in [1.29, 1.82) is 0 Å². The van der Waals surface area contributed by atoms with Crippen LogP contribution in [0.5, 0.6) is 0 Å². The van der Waals surface area contributed by atoms with Gasteiger partial charge >= 0.3 is 6.03 Å². The van der Waals surface area contributed by atoms with Gasteiger partial charge in [-0.25, -0.2) is 4.79 Å². The molecule has 1 fully saturated rings. The second-order valence-corrected chi connectivity index (χ2v) is 5.75. The topological polar surface area (TPSA) is 32.3 Å². The summed E-state index contributed by atoms with van der Waals surface area (Å²) in [6, 6.07) is 6.18. The molecule has 3 nitrogen and oxygen atoms in total. The highest BCUT2D eigenvalue weighted by Gasteiger charge is 2.28. The van der Waals surface area contributed by atoms with E-state index in [4.69, 9.17) is 0 Å². The summed E-state index contributed by atoms with van der Waals surface area (Å²) >= 11 is 3.47. The molecule has 0 radical (unpaired) electrons. The van der Waals surface area contributed by atoms with Crippen LogP contribution < -0.4 is 10.2 Å². The number of hydrogen-bond donors (Lipinski definition) is 1. The first-order chi connectivity index (χ1) is 8.24. The minimum Gasteiger partial charge on any atom is -0.334 e. The van der Waals surface area contributed by atoms with Gasteiger partial charge in [-0.2, -0.15) is 0 Å². The highest BCUT2D eigenvalue weighted by Crippen LogP contribution is 2.32. The Bertz CT molecular complexity index is 457. The molecule has 0 aromatic heterocycles. The molecule has 0 bridgehead atoms. The third kappa shape index (κ3) is 2.06. The smallest absolute Gasteiger partial charge is 0.322 e. The number of hydrogen-bond acceptors (Lipinski definition) is 1. The Morgan fingerprint density at radius 3 is 2.94 bits per heavy atom. The quantitative estimate of drug-likeness (QED) is 0.892. The number of halogens is 1. The van der Waals surface area contributed by atoms with Crippen LogP contribution in [0.25, 0.3) is 0 Å². The second-order valence-electron chi connectivity index (χ2n) is 4.84. The molecule has 2 amide bonds. The lowest BCUT2D eigenvalue weighted by Gasteiger charge is -2.35. The molecule has 17 heavy (non-hydrogen) atoms. The normalized spacial score (nSPS) is 19.6. The van der Waals surface area contributed by atoms with E-state index in [0.29, 0.717) is 12.5 Å². The molecule has 2 aliphatic rings. The number of amides is 2. The maximum Gasteiger partial charge on any atom is 0.322 e. The number of carbonyl (C=O) groups is 1. The molecule has 0 spiro atoms. The Kier molecular flexibility index (Phi) is 2.82. The van der Waals surface area contributed by atoms with Crippen LogP contribution in [0.15, 0.2) is 22.7 Å². The van der Waals surface area contributed by atoms with Gasteiger partial charge in [-0.15, -0.1) is 0 Å². The van der Waals surface area contributed by atoms with Crippen LogP contribution in [0.3, 0.4) is 0 Å². The number of rotatable bonds is 2. The number of urea groups is 1. The van der Waals surface area contributed by atoms with Crippen molar-refractivity contribution in [3.05, 3.63) is 28.2 Å². The van der Waals surface area contributed by atoms with Crippen LogP contribution in [0.2, 0.25) is 0 Å². The molecule has 1 aromatic rings. The van der Waals surface area contributed by atoms with Crippen molar-refractivity contribution in [1.82, 2.24) is 5.32 Å². The van der Waals surface area contributed by atoms with Crippen LogP contribution in [0.1, 0.15) is 24.8 Å². The van der Waals surface area contributed by atoms with Gasteiger partial charge in [0.05, 0.1) is 5.69 Å². The average Bonchev–Trinajstić information content (AvgIpc) is 2.25. The molecule has 0 atom stereocenters. The van der Waals surface area contributed by atoms with Crippen LogP contribution in [-0.4, -0.2) is 12.6 Å². The largest absolute Gasteiger partial charge is 0.334 e. The fraction of sp³-hybridized carbons (Fsp3) is 0.462. The van der Waals surface area contributed by atoms with E-state index in [1.165, 1.54) is 24.8 Å². The number of benzene rings is 1. The first-order valence-electron chi connectivity index (χ1n) is 6.08. The SMILES string of the molecule is O=C1NCc2cc(Br)ccc2N1CC1CCC1. The molecule has 1 N–H and O–H groups in total. The molecular weight excluding hydrogens is 280 g/mol. The van der Waals surface area contributed by atoms with Gasteiger partial charge in [0, 0.05) is 17.6 Å². The van der Waals surface area contributed by atoms with Crippen molar-refractivity contribution in [3.8, 4) is 0 Å². The van der Waals surface area contributed by atoms with Gasteiger partial charge in [-0.1, -0.05) is 22.4 Å². The number of anilines is 1. The minimum atomic E-state index is 0.0479. The monoisotopic (exact) mass is 294 g/mol. The summed E-state index contributed by atoms with van der Waals surface area (Å²) in [4.78, 5) is 13.8. The van der Waals surface area contributed by atoms with Gasteiger partial charge in [0.15, 0.2) is 0 Å². The van der Waals surface area contributed by atoms with Gasteiger partial charge < -0.3 is 5.32 Å². The molecule has 1 saturated carbocycles. The molecule has 1 aromatic carbocycles. The Morgan fingerprint density at radius 1 is 1.41 bits per heavy atom. The Hall–Kier alpha value is -1.03. The molecule has 90 valence electrons. The minimum absolute atomic E-state index is 0.0479. The Balaban J connectivity index is 1.89. The zero-order valence-corrected chi connectivity index (χ0v) is 11.2. The van der Waals surface area contributed by atoms with Crippen molar-refractivity contribution >= 4 is 27.6 Å². The van der Waals surface area contributed by atoms with Gasteiger partial charge in [-0.05, 0) is 42.5 Å². The van der Waals surface area contributed by atoms with Crippen molar-refractivity contribution in [2.24, 2.45) is 5.92 Å². The van der Waals surface area contributed by atoms with E-state index in [9.17, 15) is 4.79 Å². The van der Waals surface area contributed by atoms with E-state index in [-0.39, 0.29) is 6.03 Å². The molecule has 0 unspecified atom stereocenters. The third-order valence-corrected chi connectivity index (χ3v) is 4.17. The van der Waals surface area contributed by atoms with E-state index in [1.54, 1.807) is 0 Å². The van der Waals surface area contributed by atoms with E-state index in [0.717, 1.165) is 16.7 Å². The molecule has 3 rings (SSSR count). The van der Waals surface area contributed by atoms with Gasteiger partial charge in [0.1, 0.15) is 0 Å². The summed E-state index contributed by atoms with van der Waals surface area (Å²) < 4.78 is 1.07. The lowest BCUT2D eigenvalue weighted by molar-refractivity contribution is 0.239. The van der Waals surface area contributed by atoms with E-state index in [2.05, 4.69) is 27.3 Å². The molecule has 1 aliphatic carbocycles. The number of nitrogens with zero attached hydrogens (tertiary/aromatic N) is 1.